The number of nitrogens with two attached hydrogens (primary N) is 1. The third-order valence-electron chi connectivity index (χ3n) is 4.82. The number of ether oxygens (including phenoxy) is 2. The molecule has 0 bridgehead atoms. The van der Waals surface area contributed by atoms with Crippen molar-refractivity contribution in [2.24, 2.45) is 5.73 Å². The van der Waals surface area contributed by atoms with E-state index in [1.807, 2.05) is 0 Å². The van der Waals surface area contributed by atoms with Gasteiger partial charge in [0.2, 0.25) is 0 Å². The zero-order chi connectivity index (χ0) is 19.1. The largest absolute Gasteiger partial charge is 0.450 e. The van der Waals surface area contributed by atoms with Crippen LogP contribution >= 0.6 is 0 Å². The van der Waals surface area contributed by atoms with Crippen molar-refractivity contribution in [3.63, 3.8) is 0 Å². The van der Waals surface area contributed by atoms with E-state index >= 15 is 0 Å². The minimum Gasteiger partial charge on any atom is -0.450 e. The average Bonchev–Trinajstić information content (AvgIpc) is 2.62. The summed E-state index contributed by atoms with van der Waals surface area (Å²) in [5.41, 5.74) is 4.88. The second-order valence-electron chi connectivity index (χ2n) is 7.44. The molecule has 0 aliphatic heterocycles. The summed E-state index contributed by atoms with van der Waals surface area (Å²) in [6, 6.07) is 0. The lowest BCUT2D eigenvalue weighted by atomic mass is 10.0. The maximum Gasteiger partial charge on any atom is 0.404 e. The summed E-state index contributed by atoms with van der Waals surface area (Å²) in [6.07, 6.45) is 22.2. The van der Waals surface area contributed by atoms with Gasteiger partial charge in [-0.3, -0.25) is 0 Å². The van der Waals surface area contributed by atoms with Crippen LogP contribution in [0.3, 0.4) is 0 Å². The molecule has 0 spiro atoms. The van der Waals surface area contributed by atoms with Crippen molar-refractivity contribution >= 4 is 6.09 Å². The molecular weight excluding hydrogens is 326 g/mol. The number of carbonyl (C=O) groups is 1. The normalized spacial score (nSPS) is 11.0. The predicted molar refractivity (Wildman–Crippen MR) is 111 cm³/mol. The highest BCUT2D eigenvalue weighted by Crippen LogP contribution is 2.13. The van der Waals surface area contributed by atoms with Crippen molar-refractivity contribution in [3.05, 3.63) is 0 Å². The summed E-state index contributed by atoms with van der Waals surface area (Å²) in [5.74, 6) is 0. The van der Waals surface area contributed by atoms with Crippen LogP contribution in [0.1, 0.15) is 116 Å². The smallest absolute Gasteiger partial charge is 0.404 e. The molecule has 1 amide bonds. The fraction of sp³-hybridized carbons (Fsp3) is 0.955. The van der Waals surface area contributed by atoms with Crippen LogP contribution in [0.5, 0.6) is 0 Å². The molecule has 0 heterocycles. The molecule has 0 rings (SSSR count). The zero-order valence-corrected chi connectivity index (χ0v) is 17.4. The third kappa shape index (κ3) is 23.2. The quantitative estimate of drug-likeness (QED) is 0.227. The molecule has 0 aromatic heterocycles. The number of primary amides is 1. The molecule has 4 nitrogen and oxygen atoms in total. The molecule has 0 aromatic rings. The zero-order valence-electron chi connectivity index (χ0n) is 17.4. The van der Waals surface area contributed by atoms with Crippen LogP contribution in [-0.4, -0.2) is 25.9 Å². The van der Waals surface area contributed by atoms with Crippen LogP contribution < -0.4 is 5.73 Å². The summed E-state index contributed by atoms with van der Waals surface area (Å²) in [6.45, 7) is 4.10. The van der Waals surface area contributed by atoms with E-state index in [1.165, 1.54) is 96.3 Å². The lowest BCUT2D eigenvalue weighted by molar-refractivity contribution is 0.102. The van der Waals surface area contributed by atoms with Gasteiger partial charge in [0, 0.05) is 19.6 Å². The maximum atomic E-state index is 10.4. The molecule has 26 heavy (non-hydrogen) atoms. The Balaban J connectivity index is 2.98. The Kier molecular flexibility index (Phi) is 21.6. The van der Waals surface area contributed by atoms with Crippen LogP contribution in [0.25, 0.3) is 0 Å². The summed E-state index contributed by atoms with van der Waals surface area (Å²) >= 11 is 0. The Labute approximate surface area is 162 Å². The van der Waals surface area contributed by atoms with E-state index < -0.39 is 6.09 Å². The second kappa shape index (κ2) is 22.3. The summed E-state index contributed by atoms with van der Waals surface area (Å²) in [5, 5.41) is 0. The standard InChI is InChI=1S/C22H45NO3/c1-2-3-4-5-6-7-8-9-10-11-12-13-14-15-16-17-19-25-20-18-21-26-22(23)24/h2-21H2,1H3,(H2,23,24). The van der Waals surface area contributed by atoms with E-state index in [-0.39, 0.29) is 0 Å². The first-order valence-corrected chi connectivity index (χ1v) is 11.3. The van der Waals surface area contributed by atoms with Crippen LogP contribution in [0, 0.1) is 0 Å². The summed E-state index contributed by atoms with van der Waals surface area (Å²) in [4.78, 5) is 10.4. The molecule has 0 radical (unpaired) electrons. The Bertz CT molecular complexity index is 285. The molecule has 0 atom stereocenters. The number of amides is 1. The fourth-order valence-corrected chi connectivity index (χ4v) is 3.19. The summed E-state index contributed by atoms with van der Waals surface area (Å²) in [7, 11) is 0. The Morgan fingerprint density at radius 1 is 0.577 bits per heavy atom. The second-order valence-corrected chi connectivity index (χ2v) is 7.44. The highest BCUT2D eigenvalue weighted by Gasteiger charge is 1.96. The van der Waals surface area contributed by atoms with Crippen LogP contribution in [0.2, 0.25) is 0 Å². The Hall–Kier alpha value is -0.770. The van der Waals surface area contributed by atoms with Crippen molar-refractivity contribution in [2.75, 3.05) is 19.8 Å². The average molecular weight is 372 g/mol. The van der Waals surface area contributed by atoms with Gasteiger partial charge in [-0.2, -0.15) is 0 Å². The molecule has 0 fully saturated rings. The van der Waals surface area contributed by atoms with Crippen molar-refractivity contribution in [1.29, 1.82) is 0 Å². The third-order valence-corrected chi connectivity index (χ3v) is 4.82. The fourth-order valence-electron chi connectivity index (χ4n) is 3.19. The van der Waals surface area contributed by atoms with Gasteiger partial charge in [-0.25, -0.2) is 4.79 Å². The first kappa shape index (κ1) is 25.2. The molecule has 4 heteroatoms. The van der Waals surface area contributed by atoms with Crippen molar-refractivity contribution in [1.82, 2.24) is 0 Å². The summed E-state index contributed by atoms with van der Waals surface area (Å²) < 4.78 is 10.1. The SMILES string of the molecule is CCCCCCCCCCCCCCCCCCOCCCOC(N)=O. The predicted octanol–water partition coefficient (Wildman–Crippen LogP) is 6.75. The monoisotopic (exact) mass is 371 g/mol. The van der Waals surface area contributed by atoms with Gasteiger partial charge in [0.05, 0.1) is 6.61 Å². The van der Waals surface area contributed by atoms with Gasteiger partial charge in [-0.05, 0) is 6.42 Å². The molecule has 0 saturated heterocycles. The molecule has 2 N–H and O–H groups in total. The number of carbonyl (C=O) groups excluding carboxylic acids is 1. The van der Waals surface area contributed by atoms with Crippen LogP contribution in [-0.2, 0) is 9.47 Å². The van der Waals surface area contributed by atoms with Gasteiger partial charge in [0.25, 0.3) is 0 Å². The molecule has 0 unspecified atom stereocenters. The van der Waals surface area contributed by atoms with Gasteiger partial charge >= 0.3 is 6.09 Å². The van der Waals surface area contributed by atoms with E-state index in [2.05, 4.69) is 11.7 Å². The maximum absolute atomic E-state index is 10.4. The molecule has 0 aromatic carbocycles. The first-order chi connectivity index (χ1) is 12.8. The van der Waals surface area contributed by atoms with Crippen molar-refractivity contribution < 1.29 is 14.3 Å². The van der Waals surface area contributed by atoms with E-state index in [4.69, 9.17) is 10.5 Å². The van der Waals surface area contributed by atoms with Gasteiger partial charge in [0.15, 0.2) is 0 Å². The number of hydrogen-bond donors (Lipinski definition) is 1. The van der Waals surface area contributed by atoms with Gasteiger partial charge < -0.3 is 15.2 Å². The minimum absolute atomic E-state index is 0.355. The van der Waals surface area contributed by atoms with Crippen LogP contribution in [0.4, 0.5) is 4.79 Å². The van der Waals surface area contributed by atoms with E-state index in [1.54, 1.807) is 0 Å². The number of hydrogen-bond acceptors (Lipinski definition) is 3. The van der Waals surface area contributed by atoms with E-state index in [9.17, 15) is 4.79 Å². The molecule has 0 aliphatic carbocycles. The first-order valence-electron chi connectivity index (χ1n) is 11.3. The molecule has 0 saturated carbocycles. The Morgan fingerprint density at radius 3 is 1.38 bits per heavy atom. The highest BCUT2D eigenvalue weighted by atomic mass is 16.5. The molecule has 156 valence electrons. The molecule has 0 aliphatic rings. The molecular formula is C22H45NO3. The topological polar surface area (TPSA) is 61.6 Å². The lowest BCUT2D eigenvalue weighted by Gasteiger charge is -2.05. The minimum atomic E-state index is -0.706. The number of rotatable bonds is 21. The van der Waals surface area contributed by atoms with E-state index in [0.717, 1.165) is 19.4 Å². The van der Waals surface area contributed by atoms with E-state index in [0.29, 0.717) is 13.2 Å². The van der Waals surface area contributed by atoms with Crippen molar-refractivity contribution in [3.8, 4) is 0 Å². The van der Waals surface area contributed by atoms with Crippen molar-refractivity contribution in [2.45, 2.75) is 116 Å². The Morgan fingerprint density at radius 2 is 0.962 bits per heavy atom. The van der Waals surface area contributed by atoms with Gasteiger partial charge in [0.1, 0.15) is 0 Å². The lowest BCUT2D eigenvalue weighted by Crippen LogP contribution is -2.14. The van der Waals surface area contributed by atoms with Crippen LogP contribution in [0.15, 0.2) is 0 Å². The van der Waals surface area contributed by atoms with Gasteiger partial charge in [-0.1, -0.05) is 103 Å². The van der Waals surface area contributed by atoms with Gasteiger partial charge in [-0.15, -0.1) is 0 Å². The number of unbranched alkanes of at least 4 members (excludes halogenated alkanes) is 15. The highest BCUT2D eigenvalue weighted by molar-refractivity contribution is 5.64.